The number of nitrogens with one attached hydrogen (secondary N) is 1. The molecule has 0 spiro atoms. The zero-order valence-electron chi connectivity index (χ0n) is 10.4. The van der Waals surface area contributed by atoms with Crippen LogP contribution in [0.25, 0.3) is 0 Å². The largest absolute Gasteiger partial charge is 0.467 e. The van der Waals surface area contributed by atoms with E-state index in [1.54, 1.807) is 19.1 Å². The molecule has 2 atom stereocenters. The summed E-state index contributed by atoms with van der Waals surface area (Å²) >= 11 is 0. The van der Waals surface area contributed by atoms with Crippen molar-refractivity contribution in [2.45, 2.75) is 31.7 Å². The Kier molecular flexibility index (Phi) is 4.92. The third-order valence-electron chi connectivity index (χ3n) is 2.42. The van der Waals surface area contributed by atoms with Gasteiger partial charge in [0.15, 0.2) is 9.84 Å². The number of amides is 1. The van der Waals surface area contributed by atoms with Crippen LogP contribution < -0.4 is 11.1 Å². The second-order valence-electron chi connectivity index (χ2n) is 4.25. The van der Waals surface area contributed by atoms with Crippen LogP contribution in [0.3, 0.4) is 0 Å². The molecule has 7 heteroatoms. The Morgan fingerprint density at radius 1 is 1.50 bits per heavy atom. The quantitative estimate of drug-likeness (QED) is 0.763. The van der Waals surface area contributed by atoms with E-state index in [0.29, 0.717) is 5.76 Å². The molecule has 3 N–H and O–H groups in total. The van der Waals surface area contributed by atoms with Gasteiger partial charge in [0.2, 0.25) is 5.91 Å². The summed E-state index contributed by atoms with van der Waals surface area (Å²) in [6, 6.07) is 2.90. The Balaban J connectivity index is 2.56. The molecule has 0 aliphatic heterocycles. The average molecular weight is 274 g/mol. The van der Waals surface area contributed by atoms with Crippen molar-refractivity contribution in [3.8, 4) is 0 Å². The van der Waals surface area contributed by atoms with Crippen molar-refractivity contribution in [3.05, 3.63) is 24.2 Å². The van der Waals surface area contributed by atoms with Crippen LogP contribution in [-0.2, 0) is 21.2 Å². The van der Waals surface area contributed by atoms with Crippen LogP contribution in [0.15, 0.2) is 22.8 Å². The van der Waals surface area contributed by atoms with E-state index in [-0.39, 0.29) is 12.3 Å². The van der Waals surface area contributed by atoms with Crippen LogP contribution in [0.4, 0.5) is 0 Å². The van der Waals surface area contributed by atoms with Gasteiger partial charge < -0.3 is 15.5 Å². The molecule has 0 aliphatic rings. The Morgan fingerprint density at radius 2 is 2.17 bits per heavy atom. The first-order valence-electron chi connectivity index (χ1n) is 5.60. The van der Waals surface area contributed by atoms with Crippen LogP contribution in [0.2, 0.25) is 0 Å². The van der Waals surface area contributed by atoms with E-state index in [1.165, 1.54) is 13.2 Å². The van der Waals surface area contributed by atoms with E-state index in [9.17, 15) is 13.2 Å². The lowest BCUT2D eigenvalue weighted by atomic mass is 10.4. The first kappa shape index (κ1) is 14.7. The molecule has 102 valence electrons. The monoisotopic (exact) mass is 274 g/mol. The standard InChI is InChI=1S/C11H18N2O4S/c1-8(12)7-18(15,16)9(2)11(14)13-6-10-4-3-5-17-10/h3-5,8-9H,6-7,12H2,1-2H3,(H,13,14). The maximum atomic E-state index is 11.8. The number of carbonyl (C=O) groups excluding carboxylic acids is 1. The fraction of sp³-hybridized carbons (Fsp3) is 0.545. The van der Waals surface area contributed by atoms with Crippen molar-refractivity contribution in [2.24, 2.45) is 5.73 Å². The van der Waals surface area contributed by atoms with Crippen molar-refractivity contribution in [1.29, 1.82) is 0 Å². The van der Waals surface area contributed by atoms with Gasteiger partial charge in [0.1, 0.15) is 11.0 Å². The summed E-state index contributed by atoms with van der Waals surface area (Å²) < 4.78 is 28.6. The summed E-state index contributed by atoms with van der Waals surface area (Å²) in [7, 11) is -3.52. The Labute approximate surface area is 106 Å². The van der Waals surface area contributed by atoms with Crippen molar-refractivity contribution >= 4 is 15.7 Å². The van der Waals surface area contributed by atoms with Gasteiger partial charge in [0, 0.05) is 6.04 Å². The zero-order chi connectivity index (χ0) is 13.8. The molecular formula is C11H18N2O4S. The number of sulfone groups is 1. The first-order chi connectivity index (χ1) is 8.33. The van der Waals surface area contributed by atoms with Gasteiger partial charge in [-0.05, 0) is 26.0 Å². The van der Waals surface area contributed by atoms with E-state index in [2.05, 4.69) is 5.32 Å². The number of rotatable bonds is 6. The highest BCUT2D eigenvalue weighted by molar-refractivity contribution is 7.92. The van der Waals surface area contributed by atoms with E-state index in [0.717, 1.165) is 0 Å². The van der Waals surface area contributed by atoms with Gasteiger partial charge in [-0.2, -0.15) is 0 Å². The van der Waals surface area contributed by atoms with E-state index >= 15 is 0 Å². The molecule has 0 aliphatic carbocycles. The van der Waals surface area contributed by atoms with Crippen molar-refractivity contribution in [3.63, 3.8) is 0 Å². The second kappa shape index (κ2) is 6.01. The van der Waals surface area contributed by atoms with Gasteiger partial charge in [-0.3, -0.25) is 4.79 Å². The van der Waals surface area contributed by atoms with Crippen LogP contribution in [0.1, 0.15) is 19.6 Å². The molecule has 6 nitrogen and oxygen atoms in total. The molecule has 1 aromatic heterocycles. The summed E-state index contributed by atoms with van der Waals surface area (Å²) in [5, 5.41) is 1.40. The number of carbonyl (C=O) groups is 1. The van der Waals surface area contributed by atoms with Crippen LogP contribution in [-0.4, -0.2) is 31.4 Å². The third-order valence-corrected chi connectivity index (χ3v) is 4.70. The Hall–Kier alpha value is -1.34. The van der Waals surface area contributed by atoms with Gasteiger partial charge in [-0.1, -0.05) is 0 Å². The molecule has 0 saturated carbocycles. The molecule has 0 radical (unpaired) electrons. The summed E-state index contributed by atoms with van der Waals surface area (Å²) in [4.78, 5) is 11.7. The molecule has 0 saturated heterocycles. The molecule has 1 rings (SSSR count). The molecular weight excluding hydrogens is 256 g/mol. The van der Waals surface area contributed by atoms with Crippen LogP contribution in [0, 0.1) is 0 Å². The van der Waals surface area contributed by atoms with Gasteiger partial charge >= 0.3 is 0 Å². The summed E-state index contributed by atoms with van der Waals surface area (Å²) in [6.45, 7) is 3.12. The lowest BCUT2D eigenvalue weighted by Crippen LogP contribution is -2.41. The highest BCUT2D eigenvalue weighted by atomic mass is 32.2. The van der Waals surface area contributed by atoms with Gasteiger partial charge in [-0.15, -0.1) is 0 Å². The normalized spacial score (nSPS) is 15.1. The Bertz CT molecular complexity index is 479. The minimum absolute atomic E-state index is 0.171. The minimum atomic E-state index is -3.52. The topological polar surface area (TPSA) is 102 Å². The third kappa shape index (κ3) is 4.15. The molecule has 1 aromatic rings. The predicted molar refractivity (Wildman–Crippen MR) is 67.5 cm³/mol. The maximum absolute atomic E-state index is 11.8. The first-order valence-corrected chi connectivity index (χ1v) is 7.31. The fourth-order valence-corrected chi connectivity index (χ4v) is 2.84. The van der Waals surface area contributed by atoms with Gasteiger partial charge in [0.05, 0.1) is 18.6 Å². The zero-order valence-corrected chi connectivity index (χ0v) is 11.2. The highest BCUT2D eigenvalue weighted by Crippen LogP contribution is 2.05. The second-order valence-corrected chi connectivity index (χ2v) is 6.61. The number of hydrogen-bond acceptors (Lipinski definition) is 5. The summed E-state index contributed by atoms with van der Waals surface area (Å²) in [5.74, 6) is -0.185. The van der Waals surface area contributed by atoms with E-state index < -0.39 is 27.0 Å². The van der Waals surface area contributed by atoms with E-state index in [1.807, 2.05) is 0 Å². The average Bonchev–Trinajstić information content (AvgIpc) is 2.75. The smallest absolute Gasteiger partial charge is 0.238 e. The van der Waals surface area contributed by atoms with Crippen molar-refractivity contribution in [2.75, 3.05) is 5.75 Å². The van der Waals surface area contributed by atoms with Gasteiger partial charge in [0.25, 0.3) is 0 Å². The number of furan rings is 1. The molecule has 18 heavy (non-hydrogen) atoms. The van der Waals surface area contributed by atoms with Crippen molar-refractivity contribution in [1.82, 2.24) is 5.32 Å². The molecule has 0 aromatic carbocycles. The van der Waals surface area contributed by atoms with E-state index in [4.69, 9.17) is 10.2 Å². The van der Waals surface area contributed by atoms with Crippen molar-refractivity contribution < 1.29 is 17.6 Å². The molecule has 1 heterocycles. The maximum Gasteiger partial charge on any atom is 0.238 e. The molecule has 0 fully saturated rings. The Morgan fingerprint density at radius 3 is 2.67 bits per heavy atom. The van der Waals surface area contributed by atoms with Crippen LogP contribution >= 0.6 is 0 Å². The number of hydrogen-bond donors (Lipinski definition) is 2. The SMILES string of the molecule is CC(N)CS(=O)(=O)C(C)C(=O)NCc1ccco1. The predicted octanol–water partition coefficient (Wildman–Crippen LogP) is 0.0463. The lowest BCUT2D eigenvalue weighted by Gasteiger charge is -2.14. The minimum Gasteiger partial charge on any atom is -0.467 e. The highest BCUT2D eigenvalue weighted by Gasteiger charge is 2.28. The summed E-state index contributed by atoms with van der Waals surface area (Å²) in [5.41, 5.74) is 5.44. The lowest BCUT2D eigenvalue weighted by molar-refractivity contribution is -0.120. The molecule has 0 bridgehead atoms. The summed E-state index contributed by atoms with van der Waals surface area (Å²) in [6.07, 6.45) is 1.48. The number of nitrogens with two attached hydrogens (primary N) is 1. The molecule has 1 amide bonds. The van der Waals surface area contributed by atoms with Crippen LogP contribution in [0.5, 0.6) is 0 Å². The fourth-order valence-electron chi connectivity index (χ4n) is 1.40. The van der Waals surface area contributed by atoms with Gasteiger partial charge in [-0.25, -0.2) is 8.42 Å². The molecule has 2 unspecified atom stereocenters.